The Labute approximate surface area is 126 Å². The highest BCUT2D eigenvalue weighted by Gasteiger charge is 2.55. The molecule has 0 bridgehead atoms. The number of benzene rings is 1. The summed E-state index contributed by atoms with van der Waals surface area (Å²) in [5.41, 5.74) is 1.89. The lowest BCUT2D eigenvalue weighted by molar-refractivity contribution is -0.147. The van der Waals surface area contributed by atoms with E-state index < -0.39 is 11.5 Å². The van der Waals surface area contributed by atoms with Crippen LogP contribution in [0, 0.1) is 0 Å². The number of ether oxygens (including phenoxy) is 1. The number of nitrogens with one attached hydrogen (secondary N) is 1. The Bertz CT molecular complexity index is 586. The summed E-state index contributed by atoms with van der Waals surface area (Å²) in [7, 11) is 0. The number of hydrogen-bond acceptors (Lipinski definition) is 3. The van der Waals surface area contributed by atoms with Gasteiger partial charge in [-0.2, -0.15) is 0 Å². The quantitative estimate of drug-likeness (QED) is 0.840. The van der Waals surface area contributed by atoms with E-state index in [9.17, 15) is 9.59 Å². The molecule has 20 heavy (non-hydrogen) atoms. The van der Waals surface area contributed by atoms with Crippen molar-refractivity contribution in [1.82, 2.24) is 5.32 Å². The van der Waals surface area contributed by atoms with Crippen LogP contribution in [0.25, 0.3) is 0 Å². The lowest BCUT2D eigenvalue weighted by Crippen LogP contribution is -2.46. The largest absolute Gasteiger partial charge is 0.464 e. The van der Waals surface area contributed by atoms with Gasteiger partial charge >= 0.3 is 5.97 Å². The fourth-order valence-corrected chi connectivity index (χ4v) is 3.89. The van der Waals surface area contributed by atoms with Gasteiger partial charge in [0, 0.05) is 16.3 Å². The van der Waals surface area contributed by atoms with Gasteiger partial charge in [0.05, 0.1) is 6.61 Å². The molecule has 1 saturated heterocycles. The standard InChI is InChI=1S/C15H16BrNO3/c1-2-20-14(19)13-15(8-12(18)17-13)6-5-9-7-10(16)3-4-11(9)15/h3-4,7,13H,2,5-6,8H2,1H3,(H,17,18). The molecule has 1 spiro atoms. The number of esters is 1. The van der Waals surface area contributed by atoms with E-state index in [0.29, 0.717) is 13.0 Å². The molecule has 1 aromatic carbocycles. The van der Waals surface area contributed by atoms with Gasteiger partial charge in [-0.05, 0) is 43.0 Å². The molecule has 1 fully saturated rings. The smallest absolute Gasteiger partial charge is 0.329 e. The van der Waals surface area contributed by atoms with Crippen molar-refractivity contribution in [3.05, 3.63) is 33.8 Å². The summed E-state index contributed by atoms with van der Waals surface area (Å²) < 4.78 is 6.16. The normalized spacial score (nSPS) is 27.5. The van der Waals surface area contributed by atoms with Gasteiger partial charge in [-0.3, -0.25) is 4.79 Å². The number of fused-ring (bicyclic) bond motifs is 2. The van der Waals surface area contributed by atoms with E-state index in [4.69, 9.17) is 4.74 Å². The second-order valence-electron chi connectivity index (χ2n) is 5.39. The molecular formula is C15H16BrNO3. The van der Waals surface area contributed by atoms with Gasteiger partial charge in [0.25, 0.3) is 0 Å². The second-order valence-corrected chi connectivity index (χ2v) is 6.30. The third-order valence-electron chi connectivity index (χ3n) is 4.30. The van der Waals surface area contributed by atoms with Crippen LogP contribution in [-0.2, 0) is 26.2 Å². The SMILES string of the molecule is CCOC(=O)C1NC(=O)CC12CCc1cc(Br)ccc12. The first-order chi connectivity index (χ1) is 9.56. The van der Waals surface area contributed by atoms with Crippen LogP contribution in [0.1, 0.15) is 30.9 Å². The van der Waals surface area contributed by atoms with E-state index in [1.165, 1.54) is 5.56 Å². The van der Waals surface area contributed by atoms with Crippen LogP contribution in [0.4, 0.5) is 0 Å². The van der Waals surface area contributed by atoms with E-state index in [-0.39, 0.29) is 11.9 Å². The molecule has 1 aliphatic carbocycles. The van der Waals surface area contributed by atoms with Gasteiger partial charge in [0.15, 0.2) is 0 Å². The summed E-state index contributed by atoms with van der Waals surface area (Å²) >= 11 is 3.47. The van der Waals surface area contributed by atoms with E-state index in [1.807, 2.05) is 12.1 Å². The highest BCUT2D eigenvalue weighted by Crippen LogP contribution is 2.47. The predicted octanol–water partition coefficient (Wildman–Crippen LogP) is 2.08. The number of hydrogen-bond donors (Lipinski definition) is 1. The van der Waals surface area contributed by atoms with E-state index >= 15 is 0 Å². The molecule has 0 saturated carbocycles. The molecule has 1 amide bonds. The minimum atomic E-state index is -0.558. The molecule has 106 valence electrons. The zero-order chi connectivity index (χ0) is 14.3. The van der Waals surface area contributed by atoms with Gasteiger partial charge in [0.2, 0.25) is 5.91 Å². The summed E-state index contributed by atoms with van der Waals surface area (Å²) in [6, 6.07) is 5.52. The van der Waals surface area contributed by atoms with Crippen LogP contribution in [0.2, 0.25) is 0 Å². The Morgan fingerprint density at radius 3 is 3.10 bits per heavy atom. The average molecular weight is 338 g/mol. The first-order valence-corrected chi connectivity index (χ1v) is 7.61. The monoisotopic (exact) mass is 337 g/mol. The lowest BCUT2D eigenvalue weighted by atomic mass is 9.75. The summed E-state index contributed by atoms with van der Waals surface area (Å²) in [5.74, 6) is -0.395. The van der Waals surface area contributed by atoms with E-state index in [2.05, 4.69) is 27.3 Å². The Kier molecular flexibility index (Phi) is 3.32. The van der Waals surface area contributed by atoms with Crippen molar-refractivity contribution in [2.45, 2.75) is 37.6 Å². The zero-order valence-corrected chi connectivity index (χ0v) is 12.8. The molecule has 1 heterocycles. The maximum absolute atomic E-state index is 12.2. The highest BCUT2D eigenvalue weighted by molar-refractivity contribution is 9.10. The van der Waals surface area contributed by atoms with Crippen LogP contribution in [0.3, 0.4) is 0 Å². The molecule has 2 aliphatic rings. The fourth-order valence-electron chi connectivity index (χ4n) is 3.48. The minimum Gasteiger partial charge on any atom is -0.464 e. The topological polar surface area (TPSA) is 55.4 Å². The second kappa shape index (κ2) is 4.88. The first-order valence-electron chi connectivity index (χ1n) is 6.82. The molecule has 5 heteroatoms. The van der Waals surface area contributed by atoms with E-state index in [1.54, 1.807) is 6.92 Å². The summed E-state index contributed by atoms with van der Waals surface area (Å²) in [6.07, 6.45) is 2.06. The summed E-state index contributed by atoms with van der Waals surface area (Å²) in [6.45, 7) is 2.11. The van der Waals surface area contributed by atoms with Crippen molar-refractivity contribution in [3.63, 3.8) is 0 Å². The Balaban J connectivity index is 2.03. The molecule has 1 aliphatic heterocycles. The molecule has 2 unspecified atom stereocenters. The zero-order valence-electron chi connectivity index (χ0n) is 11.2. The minimum absolute atomic E-state index is 0.0705. The summed E-state index contributed by atoms with van der Waals surface area (Å²) in [5, 5.41) is 2.80. The van der Waals surface area contributed by atoms with Crippen LogP contribution >= 0.6 is 15.9 Å². The molecule has 4 nitrogen and oxygen atoms in total. The Morgan fingerprint density at radius 2 is 2.35 bits per heavy atom. The average Bonchev–Trinajstić information content (AvgIpc) is 2.92. The molecule has 1 aromatic rings. The van der Waals surface area contributed by atoms with E-state index in [0.717, 1.165) is 22.9 Å². The number of halogens is 1. The fraction of sp³-hybridized carbons (Fsp3) is 0.467. The van der Waals surface area contributed by atoms with Crippen molar-refractivity contribution >= 4 is 27.8 Å². The Morgan fingerprint density at radius 1 is 1.55 bits per heavy atom. The van der Waals surface area contributed by atoms with Crippen molar-refractivity contribution in [1.29, 1.82) is 0 Å². The lowest BCUT2D eigenvalue weighted by Gasteiger charge is -2.29. The maximum Gasteiger partial charge on any atom is 0.329 e. The van der Waals surface area contributed by atoms with Gasteiger partial charge in [-0.25, -0.2) is 4.79 Å². The third-order valence-corrected chi connectivity index (χ3v) is 4.79. The van der Waals surface area contributed by atoms with Gasteiger partial charge < -0.3 is 10.1 Å². The van der Waals surface area contributed by atoms with Crippen molar-refractivity contribution < 1.29 is 14.3 Å². The molecule has 0 radical (unpaired) electrons. The molecular weight excluding hydrogens is 322 g/mol. The third kappa shape index (κ3) is 1.95. The number of rotatable bonds is 2. The number of aryl methyl sites for hydroxylation is 1. The van der Waals surface area contributed by atoms with Crippen LogP contribution in [0.5, 0.6) is 0 Å². The molecule has 1 N–H and O–H groups in total. The van der Waals surface area contributed by atoms with Gasteiger partial charge in [-0.15, -0.1) is 0 Å². The van der Waals surface area contributed by atoms with Crippen molar-refractivity contribution in [3.8, 4) is 0 Å². The van der Waals surface area contributed by atoms with Crippen LogP contribution in [-0.4, -0.2) is 24.5 Å². The Hall–Kier alpha value is -1.36. The summed E-state index contributed by atoms with van der Waals surface area (Å²) in [4.78, 5) is 24.1. The van der Waals surface area contributed by atoms with Crippen LogP contribution in [0.15, 0.2) is 22.7 Å². The van der Waals surface area contributed by atoms with Crippen molar-refractivity contribution in [2.24, 2.45) is 0 Å². The number of amides is 1. The molecule has 2 atom stereocenters. The molecule has 3 rings (SSSR count). The first kappa shape index (κ1) is 13.6. The highest BCUT2D eigenvalue weighted by atomic mass is 79.9. The molecule has 0 aromatic heterocycles. The van der Waals surface area contributed by atoms with Crippen molar-refractivity contribution in [2.75, 3.05) is 6.61 Å². The predicted molar refractivity (Wildman–Crippen MR) is 77.3 cm³/mol. The number of carbonyl (C=O) groups is 2. The van der Waals surface area contributed by atoms with Gasteiger partial charge in [-0.1, -0.05) is 22.0 Å². The van der Waals surface area contributed by atoms with Crippen LogP contribution < -0.4 is 5.32 Å². The maximum atomic E-state index is 12.2. The number of carbonyl (C=O) groups excluding carboxylic acids is 2. The van der Waals surface area contributed by atoms with Gasteiger partial charge in [0.1, 0.15) is 6.04 Å².